The van der Waals surface area contributed by atoms with E-state index in [4.69, 9.17) is 9.47 Å². The summed E-state index contributed by atoms with van der Waals surface area (Å²) in [4.78, 5) is 25.1. The van der Waals surface area contributed by atoms with E-state index in [1.165, 1.54) is 25.3 Å². The van der Waals surface area contributed by atoms with E-state index >= 15 is 0 Å². The molecule has 2 aromatic rings. The molecule has 6 nitrogen and oxygen atoms in total. The van der Waals surface area contributed by atoms with E-state index < -0.39 is 23.7 Å². The normalized spacial score (nSPS) is 11.6. The van der Waals surface area contributed by atoms with Crippen molar-refractivity contribution in [2.45, 2.75) is 26.8 Å². The summed E-state index contributed by atoms with van der Waals surface area (Å²) >= 11 is 0. The molecule has 0 spiro atoms. The van der Waals surface area contributed by atoms with Crippen molar-refractivity contribution < 1.29 is 23.5 Å². The first-order chi connectivity index (χ1) is 13.4. The van der Waals surface area contributed by atoms with Crippen molar-refractivity contribution >= 4 is 17.5 Å². The summed E-state index contributed by atoms with van der Waals surface area (Å²) in [5, 5.41) is 5.36. The van der Waals surface area contributed by atoms with Crippen molar-refractivity contribution in [1.29, 1.82) is 0 Å². The Hall–Kier alpha value is -3.09. The average Bonchev–Trinajstić information content (AvgIpc) is 2.67. The number of amides is 2. The van der Waals surface area contributed by atoms with Crippen molar-refractivity contribution in [2.24, 2.45) is 5.92 Å². The summed E-state index contributed by atoms with van der Waals surface area (Å²) in [6.45, 7) is 5.94. The van der Waals surface area contributed by atoms with Gasteiger partial charge in [-0.1, -0.05) is 26.0 Å². The molecular weight excluding hydrogens is 363 g/mol. The molecule has 0 bridgehead atoms. The summed E-state index contributed by atoms with van der Waals surface area (Å²) in [5.41, 5.74) is 0.389. The van der Waals surface area contributed by atoms with Crippen molar-refractivity contribution in [3.63, 3.8) is 0 Å². The van der Waals surface area contributed by atoms with Crippen LogP contribution in [0.2, 0.25) is 0 Å². The maximum absolute atomic E-state index is 13.8. The molecule has 0 aliphatic carbocycles. The number of carbonyl (C=O) groups excluding carboxylic acids is 2. The van der Waals surface area contributed by atoms with Crippen molar-refractivity contribution in [3.8, 4) is 11.5 Å². The number of hydrogen-bond acceptors (Lipinski definition) is 4. The van der Waals surface area contributed by atoms with Gasteiger partial charge in [0.25, 0.3) is 5.91 Å². The van der Waals surface area contributed by atoms with Gasteiger partial charge in [0.15, 0.2) is 11.5 Å². The molecule has 28 heavy (non-hydrogen) atoms. The van der Waals surface area contributed by atoms with E-state index in [9.17, 15) is 14.0 Å². The highest BCUT2D eigenvalue weighted by molar-refractivity contribution is 6.01. The zero-order chi connectivity index (χ0) is 20.7. The van der Waals surface area contributed by atoms with Gasteiger partial charge in [-0.15, -0.1) is 0 Å². The Morgan fingerprint density at radius 3 is 2.43 bits per heavy atom. The molecule has 0 aromatic heterocycles. The second-order valence-corrected chi connectivity index (χ2v) is 6.46. The Morgan fingerprint density at radius 2 is 1.82 bits per heavy atom. The quantitative estimate of drug-likeness (QED) is 0.724. The molecule has 150 valence electrons. The maximum atomic E-state index is 13.8. The van der Waals surface area contributed by atoms with E-state index in [0.29, 0.717) is 23.8 Å². The standard InChI is InChI=1S/C21H25FN2O4/c1-5-28-17-11-10-14(12-18(17)27-4)23-21(26)19(13(2)3)24-20(25)15-8-6-7-9-16(15)22/h6-13,19H,5H2,1-4H3,(H,23,26)(H,24,25). The summed E-state index contributed by atoms with van der Waals surface area (Å²) < 4.78 is 24.6. The number of methoxy groups -OCH3 is 1. The van der Waals surface area contributed by atoms with Gasteiger partial charge in [-0.3, -0.25) is 9.59 Å². The van der Waals surface area contributed by atoms with Crippen LogP contribution in [0.5, 0.6) is 11.5 Å². The molecule has 0 aliphatic heterocycles. The van der Waals surface area contributed by atoms with Crippen LogP contribution >= 0.6 is 0 Å². The van der Waals surface area contributed by atoms with Gasteiger partial charge in [0.2, 0.25) is 5.91 Å². The minimum absolute atomic E-state index is 0.108. The summed E-state index contributed by atoms with van der Waals surface area (Å²) in [6, 6.07) is 9.81. The number of hydrogen-bond donors (Lipinski definition) is 2. The lowest BCUT2D eigenvalue weighted by atomic mass is 10.0. The molecule has 0 saturated carbocycles. The summed E-state index contributed by atoms with van der Waals surface area (Å²) in [7, 11) is 1.51. The Balaban J connectivity index is 2.15. The molecule has 0 fully saturated rings. The first kappa shape index (κ1) is 21.2. The highest BCUT2D eigenvalue weighted by Crippen LogP contribution is 2.30. The number of halogens is 1. The molecule has 0 saturated heterocycles. The number of anilines is 1. The first-order valence-corrected chi connectivity index (χ1v) is 9.04. The van der Waals surface area contributed by atoms with Crippen molar-refractivity contribution in [3.05, 3.63) is 53.8 Å². The van der Waals surface area contributed by atoms with Gasteiger partial charge in [0.1, 0.15) is 11.9 Å². The second kappa shape index (κ2) is 9.73. The van der Waals surface area contributed by atoms with Crippen LogP contribution in [0.1, 0.15) is 31.1 Å². The minimum atomic E-state index is -0.843. The Kier molecular flexibility index (Phi) is 7.37. The third kappa shape index (κ3) is 5.22. The monoisotopic (exact) mass is 388 g/mol. The SMILES string of the molecule is CCOc1ccc(NC(=O)C(NC(=O)c2ccccc2F)C(C)C)cc1OC. The van der Waals surface area contributed by atoms with Gasteiger partial charge in [-0.05, 0) is 37.1 Å². The van der Waals surface area contributed by atoms with E-state index in [1.54, 1.807) is 38.1 Å². The highest BCUT2D eigenvalue weighted by atomic mass is 19.1. The van der Waals surface area contributed by atoms with Crippen molar-refractivity contribution in [2.75, 3.05) is 19.0 Å². The molecule has 7 heteroatoms. The number of carbonyl (C=O) groups is 2. The lowest BCUT2D eigenvalue weighted by Crippen LogP contribution is -2.47. The fraction of sp³-hybridized carbons (Fsp3) is 0.333. The largest absolute Gasteiger partial charge is 0.493 e. The molecular formula is C21H25FN2O4. The second-order valence-electron chi connectivity index (χ2n) is 6.46. The summed E-state index contributed by atoms with van der Waals surface area (Å²) in [6.07, 6.45) is 0. The van der Waals surface area contributed by atoms with Gasteiger partial charge < -0.3 is 20.1 Å². The molecule has 0 heterocycles. The van der Waals surface area contributed by atoms with Crippen LogP contribution in [-0.4, -0.2) is 31.6 Å². The minimum Gasteiger partial charge on any atom is -0.493 e. The lowest BCUT2D eigenvalue weighted by Gasteiger charge is -2.22. The van der Waals surface area contributed by atoms with Crippen LogP contribution in [0, 0.1) is 11.7 Å². The number of rotatable bonds is 8. The molecule has 0 radical (unpaired) electrons. The summed E-state index contributed by atoms with van der Waals surface area (Å²) in [5.74, 6) is -0.853. The van der Waals surface area contributed by atoms with E-state index in [1.807, 2.05) is 6.92 Å². The molecule has 2 N–H and O–H groups in total. The Bertz CT molecular complexity index is 839. The molecule has 0 aliphatic rings. The predicted octanol–water partition coefficient (Wildman–Crippen LogP) is 3.63. The maximum Gasteiger partial charge on any atom is 0.254 e. The molecule has 2 rings (SSSR count). The fourth-order valence-corrected chi connectivity index (χ4v) is 2.64. The van der Waals surface area contributed by atoms with Crippen LogP contribution in [0.25, 0.3) is 0 Å². The van der Waals surface area contributed by atoms with Gasteiger partial charge in [0.05, 0.1) is 19.3 Å². The van der Waals surface area contributed by atoms with Gasteiger partial charge >= 0.3 is 0 Å². The zero-order valence-electron chi connectivity index (χ0n) is 16.4. The molecule has 2 amide bonds. The Labute approximate surface area is 164 Å². The zero-order valence-corrected chi connectivity index (χ0v) is 16.4. The Morgan fingerprint density at radius 1 is 1.11 bits per heavy atom. The van der Waals surface area contributed by atoms with Crippen LogP contribution < -0.4 is 20.1 Å². The topological polar surface area (TPSA) is 76.7 Å². The highest BCUT2D eigenvalue weighted by Gasteiger charge is 2.26. The fourth-order valence-electron chi connectivity index (χ4n) is 2.64. The third-order valence-corrected chi connectivity index (χ3v) is 4.09. The van der Waals surface area contributed by atoms with E-state index in [0.717, 1.165) is 0 Å². The smallest absolute Gasteiger partial charge is 0.254 e. The van der Waals surface area contributed by atoms with Gasteiger partial charge in [-0.25, -0.2) is 4.39 Å². The van der Waals surface area contributed by atoms with Gasteiger partial charge in [-0.2, -0.15) is 0 Å². The van der Waals surface area contributed by atoms with Crippen LogP contribution in [0.15, 0.2) is 42.5 Å². The van der Waals surface area contributed by atoms with Crippen molar-refractivity contribution in [1.82, 2.24) is 5.32 Å². The molecule has 1 unspecified atom stereocenters. The number of ether oxygens (including phenoxy) is 2. The molecule has 1 atom stereocenters. The van der Waals surface area contributed by atoms with Crippen LogP contribution in [-0.2, 0) is 4.79 Å². The number of benzene rings is 2. The predicted molar refractivity (Wildman–Crippen MR) is 105 cm³/mol. The van der Waals surface area contributed by atoms with Crippen LogP contribution in [0.3, 0.4) is 0 Å². The van der Waals surface area contributed by atoms with Gasteiger partial charge in [0, 0.05) is 11.8 Å². The third-order valence-electron chi connectivity index (χ3n) is 4.09. The lowest BCUT2D eigenvalue weighted by molar-refractivity contribution is -0.118. The van der Waals surface area contributed by atoms with E-state index in [2.05, 4.69) is 10.6 Å². The first-order valence-electron chi connectivity index (χ1n) is 9.04. The van der Waals surface area contributed by atoms with E-state index in [-0.39, 0.29) is 11.5 Å². The molecule has 2 aromatic carbocycles. The van der Waals surface area contributed by atoms with Crippen LogP contribution in [0.4, 0.5) is 10.1 Å². The number of nitrogens with one attached hydrogen (secondary N) is 2. The average molecular weight is 388 g/mol.